The molecule has 0 bridgehead atoms. The van der Waals surface area contributed by atoms with Crippen LogP contribution in [0.15, 0.2) is 24.3 Å². The number of carboxylic acid groups (broad SMARTS) is 1. The van der Waals surface area contributed by atoms with Gasteiger partial charge in [-0.1, -0.05) is 18.6 Å². The van der Waals surface area contributed by atoms with Gasteiger partial charge in [-0.15, -0.1) is 12.4 Å². The summed E-state index contributed by atoms with van der Waals surface area (Å²) in [5.74, 6) is -0.920. The van der Waals surface area contributed by atoms with Gasteiger partial charge in [-0.3, -0.25) is 14.5 Å². The van der Waals surface area contributed by atoms with Crippen molar-refractivity contribution >= 4 is 24.3 Å². The first-order valence-electron chi connectivity index (χ1n) is 8.92. The van der Waals surface area contributed by atoms with Crippen molar-refractivity contribution in [2.45, 2.75) is 38.6 Å². The van der Waals surface area contributed by atoms with Crippen LogP contribution in [0, 0.1) is 17.2 Å². The highest BCUT2D eigenvalue weighted by molar-refractivity contribution is 5.85. The maximum Gasteiger partial charge on any atom is 0.311 e. The van der Waals surface area contributed by atoms with Crippen LogP contribution in [0.1, 0.15) is 31.7 Å². The van der Waals surface area contributed by atoms with E-state index >= 15 is 0 Å². The summed E-state index contributed by atoms with van der Waals surface area (Å²) in [6.45, 7) is 3.46. The van der Waals surface area contributed by atoms with Crippen LogP contribution >= 0.6 is 12.4 Å². The summed E-state index contributed by atoms with van der Waals surface area (Å²) in [6, 6.07) is 5.91. The molecule has 3 rings (SSSR count). The Morgan fingerprint density at radius 2 is 2.08 bits per heavy atom. The van der Waals surface area contributed by atoms with Crippen LogP contribution in [0.4, 0.5) is 4.39 Å². The highest BCUT2D eigenvalue weighted by atomic mass is 35.5. The second kappa shape index (κ2) is 8.35. The third-order valence-corrected chi connectivity index (χ3v) is 5.88. The van der Waals surface area contributed by atoms with Crippen LogP contribution in [0.3, 0.4) is 0 Å². The van der Waals surface area contributed by atoms with Crippen molar-refractivity contribution < 1.29 is 19.1 Å². The van der Waals surface area contributed by atoms with Crippen molar-refractivity contribution in [1.29, 1.82) is 0 Å². The van der Waals surface area contributed by atoms with Crippen molar-refractivity contribution in [3.05, 3.63) is 35.6 Å². The zero-order chi connectivity index (χ0) is 18.0. The van der Waals surface area contributed by atoms with Gasteiger partial charge in [0, 0.05) is 19.6 Å². The number of hydrogen-bond acceptors (Lipinski definition) is 3. The second-order valence-corrected chi connectivity index (χ2v) is 7.32. The largest absolute Gasteiger partial charge is 0.481 e. The molecule has 1 aromatic rings. The van der Waals surface area contributed by atoms with Crippen molar-refractivity contribution in [1.82, 2.24) is 10.2 Å². The number of carboxylic acids is 1. The SMILES string of the molecule is CC(C(=O)NCCc1ccc(F)cc1)N1C[C@@H]2CCC[C@@]2(C(=O)O)C1.Cl. The molecular formula is C19H26ClFN2O3. The standard InChI is InChI=1S/C19H25FN2O3.ClH/c1-13(17(23)21-10-8-14-4-6-16(20)7-5-14)22-11-15-3-2-9-19(15,12-22)18(24)25;/h4-7,13,15H,2-3,8-12H2,1H3,(H,21,23)(H,24,25);1H/t13?,15-,19+;/m0./s1. The third-order valence-electron chi connectivity index (χ3n) is 5.88. The number of carbonyl (C=O) groups excluding carboxylic acids is 1. The van der Waals surface area contributed by atoms with Gasteiger partial charge in [0.05, 0.1) is 11.5 Å². The molecule has 1 heterocycles. The van der Waals surface area contributed by atoms with Crippen LogP contribution < -0.4 is 5.32 Å². The Morgan fingerprint density at radius 1 is 1.38 bits per heavy atom. The Hall–Kier alpha value is -1.66. The predicted molar refractivity (Wildman–Crippen MR) is 98.8 cm³/mol. The average molecular weight is 385 g/mol. The van der Waals surface area contributed by atoms with Gasteiger partial charge in [0.2, 0.25) is 5.91 Å². The fourth-order valence-electron chi connectivity index (χ4n) is 4.27. The van der Waals surface area contributed by atoms with Gasteiger partial charge in [-0.25, -0.2) is 4.39 Å². The monoisotopic (exact) mass is 384 g/mol. The van der Waals surface area contributed by atoms with E-state index in [0.717, 1.165) is 18.4 Å². The van der Waals surface area contributed by atoms with Gasteiger partial charge in [-0.2, -0.15) is 0 Å². The predicted octanol–water partition coefficient (Wildman–Crippen LogP) is 2.48. The molecular weight excluding hydrogens is 359 g/mol. The molecule has 5 nitrogen and oxygen atoms in total. The molecule has 2 N–H and O–H groups in total. The summed E-state index contributed by atoms with van der Waals surface area (Å²) in [7, 11) is 0. The van der Waals surface area contributed by atoms with Gasteiger partial charge < -0.3 is 10.4 Å². The first kappa shape index (κ1) is 20.6. The molecule has 1 saturated heterocycles. The third kappa shape index (κ3) is 4.01. The Morgan fingerprint density at radius 3 is 2.69 bits per heavy atom. The van der Waals surface area contributed by atoms with Gasteiger partial charge in [0.25, 0.3) is 0 Å². The van der Waals surface area contributed by atoms with Crippen molar-refractivity contribution in [2.24, 2.45) is 11.3 Å². The maximum atomic E-state index is 12.9. The summed E-state index contributed by atoms with van der Waals surface area (Å²) < 4.78 is 12.9. The lowest BCUT2D eigenvalue weighted by Crippen LogP contribution is -2.46. The number of aliphatic carboxylic acids is 1. The molecule has 144 valence electrons. The van der Waals surface area contributed by atoms with Crippen LogP contribution in [-0.4, -0.2) is 47.6 Å². The number of likely N-dealkylation sites (tertiary alicyclic amines) is 1. The smallest absolute Gasteiger partial charge is 0.311 e. The van der Waals surface area contributed by atoms with Gasteiger partial charge >= 0.3 is 5.97 Å². The Balaban J connectivity index is 0.00000243. The normalized spacial score (nSPS) is 26.0. The molecule has 0 radical (unpaired) electrons. The van der Waals surface area contributed by atoms with E-state index in [4.69, 9.17) is 0 Å². The van der Waals surface area contributed by atoms with Crippen molar-refractivity contribution in [3.8, 4) is 0 Å². The molecule has 1 unspecified atom stereocenters. The number of carbonyl (C=O) groups is 2. The lowest BCUT2D eigenvalue weighted by molar-refractivity contribution is -0.149. The fourth-order valence-corrected chi connectivity index (χ4v) is 4.27. The number of fused-ring (bicyclic) bond motifs is 1. The van der Waals surface area contributed by atoms with Crippen molar-refractivity contribution in [3.63, 3.8) is 0 Å². The molecule has 2 aliphatic rings. The van der Waals surface area contributed by atoms with E-state index in [9.17, 15) is 19.1 Å². The van der Waals surface area contributed by atoms with E-state index in [2.05, 4.69) is 5.32 Å². The molecule has 0 aromatic heterocycles. The molecule has 0 spiro atoms. The summed E-state index contributed by atoms with van der Waals surface area (Å²) in [6.07, 6.45) is 3.24. The summed E-state index contributed by atoms with van der Waals surface area (Å²) in [5.41, 5.74) is 0.303. The van der Waals surface area contributed by atoms with E-state index in [0.29, 0.717) is 32.5 Å². The van der Waals surface area contributed by atoms with E-state index in [-0.39, 0.29) is 36.1 Å². The molecule has 3 atom stereocenters. The molecule has 26 heavy (non-hydrogen) atoms. The van der Waals surface area contributed by atoms with E-state index < -0.39 is 11.4 Å². The quantitative estimate of drug-likeness (QED) is 0.790. The van der Waals surface area contributed by atoms with E-state index in [1.165, 1.54) is 12.1 Å². The van der Waals surface area contributed by atoms with Crippen LogP contribution in [0.5, 0.6) is 0 Å². The minimum absolute atomic E-state index is 0. The Kier molecular flexibility index (Phi) is 6.64. The second-order valence-electron chi connectivity index (χ2n) is 7.32. The first-order chi connectivity index (χ1) is 11.9. The maximum absolute atomic E-state index is 12.9. The van der Waals surface area contributed by atoms with Crippen LogP contribution in [0.2, 0.25) is 0 Å². The number of hydrogen-bond donors (Lipinski definition) is 2. The lowest BCUT2D eigenvalue weighted by Gasteiger charge is -2.26. The topological polar surface area (TPSA) is 69.6 Å². The molecule has 7 heteroatoms. The summed E-state index contributed by atoms with van der Waals surface area (Å²) in [5, 5.41) is 12.6. The number of rotatable bonds is 6. The number of nitrogens with zero attached hydrogens (tertiary/aromatic N) is 1. The van der Waals surface area contributed by atoms with Crippen molar-refractivity contribution in [2.75, 3.05) is 19.6 Å². The van der Waals surface area contributed by atoms with Gasteiger partial charge in [0.1, 0.15) is 5.82 Å². The van der Waals surface area contributed by atoms with Gasteiger partial charge in [-0.05, 0) is 49.8 Å². The van der Waals surface area contributed by atoms with E-state index in [1.807, 2.05) is 11.8 Å². The minimum Gasteiger partial charge on any atom is -0.481 e. The Labute approximate surface area is 159 Å². The average Bonchev–Trinajstić information content (AvgIpc) is 3.14. The molecule has 1 amide bonds. The Bertz CT molecular complexity index is 655. The summed E-state index contributed by atoms with van der Waals surface area (Å²) in [4.78, 5) is 26.2. The first-order valence-corrected chi connectivity index (χ1v) is 8.92. The summed E-state index contributed by atoms with van der Waals surface area (Å²) >= 11 is 0. The zero-order valence-electron chi connectivity index (χ0n) is 14.9. The number of benzene rings is 1. The molecule has 1 aromatic carbocycles. The minimum atomic E-state index is -0.721. The zero-order valence-corrected chi connectivity index (χ0v) is 15.7. The highest BCUT2D eigenvalue weighted by Crippen LogP contribution is 2.49. The number of amides is 1. The van der Waals surface area contributed by atoms with Gasteiger partial charge in [0.15, 0.2) is 0 Å². The number of halogens is 2. The molecule has 1 aliphatic heterocycles. The molecule has 1 aliphatic carbocycles. The lowest BCUT2D eigenvalue weighted by atomic mass is 9.81. The van der Waals surface area contributed by atoms with Crippen LogP contribution in [0.25, 0.3) is 0 Å². The van der Waals surface area contributed by atoms with E-state index in [1.54, 1.807) is 12.1 Å². The highest BCUT2D eigenvalue weighted by Gasteiger charge is 2.55. The number of nitrogens with one attached hydrogen (secondary N) is 1. The fraction of sp³-hybridized carbons (Fsp3) is 0.579. The molecule has 1 saturated carbocycles. The van der Waals surface area contributed by atoms with Crippen LogP contribution in [-0.2, 0) is 16.0 Å². The molecule has 2 fully saturated rings.